The predicted octanol–water partition coefficient (Wildman–Crippen LogP) is 1.04. The van der Waals surface area contributed by atoms with Crippen LogP contribution in [0, 0.1) is 5.41 Å². The second-order valence-electron chi connectivity index (χ2n) is 6.58. The number of nitrogens with two attached hydrogens (primary N) is 1. The highest BCUT2D eigenvalue weighted by molar-refractivity contribution is 7.89. The fourth-order valence-electron chi connectivity index (χ4n) is 3.34. The van der Waals surface area contributed by atoms with Crippen LogP contribution in [0.25, 0.3) is 0 Å². The predicted molar refractivity (Wildman–Crippen MR) is 79.4 cm³/mol. The van der Waals surface area contributed by atoms with Gasteiger partial charge in [-0.2, -0.15) is 0 Å². The van der Waals surface area contributed by atoms with Crippen LogP contribution in [0.5, 0.6) is 0 Å². The van der Waals surface area contributed by atoms with Gasteiger partial charge >= 0.3 is 0 Å². The van der Waals surface area contributed by atoms with Crippen LogP contribution < -0.4 is 5.14 Å². The third-order valence-corrected chi connectivity index (χ3v) is 5.36. The van der Waals surface area contributed by atoms with Crippen molar-refractivity contribution in [3.63, 3.8) is 0 Å². The summed E-state index contributed by atoms with van der Waals surface area (Å²) < 4.78 is 40.2. The molecule has 2 fully saturated rings. The van der Waals surface area contributed by atoms with E-state index in [2.05, 4.69) is 0 Å². The Bertz CT molecular complexity index is 423. The zero-order chi connectivity index (χ0) is 15.5. The number of hydrogen-bond donors (Lipinski definition) is 1. The molecule has 0 spiro atoms. The van der Waals surface area contributed by atoms with E-state index in [1.165, 1.54) is 0 Å². The van der Waals surface area contributed by atoms with E-state index in [-0.39, 0.29) is 24.1 Å². The summed E-state index contributed by atoms with van der Waals surface area (Å²) in [6.07, 6.45) is 3.56. The normalized spacial score (nSPS) is 33.8. The smallest absolute Gasteiger partial charge is 0.209 e. The average Bonchev–Trinajstić information content (AvgIpc) is 2.34. The van der Waals surface area contributed by atoms with Gasteiger partial charge in [-0.3, -0.25) is 0 Å². The molecular formula is C14H27NO5S. The van der Waals surface area contributed by atoms with Gasteiger partial charge in [-0.15, -0.1) is 0 Å². The average molecular weight is 321 g/mol. The second-order valence-corrected chi connectivity index (χ2v) is 8.20. The van der Waals surface area contributed by atoms with E-state index in [1.54, 1.807) is 0 Å². The molecule has 124 valence electrons. The van der Waals surface area contributed by atoms with Gasteiger partial charge in [0.1, 0.15) is 0 Å². The zero-order valence-corrected chi connectivity index (χ0v) is 13.7. The summed E-state index contributed by atoms with van der Waals surface area (Å²) in [6.45, 7) is 5.65. The topological polar surface area (TPSA) is 87.9 Å². The molecule has 0 amide bonds. The van der Waals surface area contributed by atoms with Crippen LogP contribution in [0.3, 0.4) is 0 Å². The molecule has 2 saturated heterocycles. The Morgan fingerprint density at radius 2 is 1.76 bits per heavy atom. The fourth-order valence-corrected chi connectivity index (χ4v) is 4.56. The Labute approximate surface area is 127 Å². The second kappa shape index (κ2) is 6.91. The maximum absolute atomic E-state index is 11.5. The molecule has 0 saturated carbocycles. The number of rotatable bonds is 5. The summed E-state index contributed by atoms with van der Waals surface area (Å²) in [7, 11) is -3.52. The van der Waals surface area contributed by atoms with E-state index in [0.717, 1.165) is 12.8 Å². The third kappa shape index (κ3) is 5.49. The van der Waals surface area contributed by atoms with Gasteiger partial charge in [0.05, 0.1) is 30.7 Å². The fraction of sp³-hybridized carbons (Fsp3) is 1.00. The molecule has 0 bridgehead atoms. The quantitative estimate of drug-likeness (QED) is 0.817. The first-order valence-corrected chi connectivity index (χ1v) is 9.35. The lowest BCUT2D eigenvalue weighted by atomic mass is 9.83. The Hall–Kier alpha value is -0.210. The van der Waals surface area contributed by atoms with Crippen LogP contribution >= 0.6 is 0 Å². The summed E-state index contributed by atoms with van der Waals surface area (Å²) in [5.74, 6) is -0.0301. The Balaban J connectivity index is 1.95. The van der Waals surface area contributed by atoms with Gasteiger partial charge in [0.25, 0.3) is 0 Å². The van der Waals surface area contributed by atoms with Gasteiger partial charge in [0.2, 0.25) is 10.0 Å². The highest BCUT2D eigenvalue weighted by Crippen LogP contribution is 2.33. The largest absolute Gasteiger partial charge is 0.381 e. The Kier molecular flexibility index (Phi) is 5.65. The monoisotopic (exact) mass is 321 g/mol. The maximum atomic E-state index is 11.5. The highest BCUT2D eigenvalue weighted by atomic mass is 32.2. The van der Waals surface area contributed by atoms with E-state index in [4.69, 9.17) is 19.3 Å². The molecule has 2 aliphatic heterocycles. The van der Waals surface area contributed by atoms with Gasteiger partial charge in [-0.25, -0.2) is 13.6 Å². The van der Waals surface area contributed by atoms with E-state index in [9.17, 15) is 8.42 Å². The minimum absolute atomic E-state index is 0.0301. The van der Waals surface area contributed by atoms with Gasteiger partial charge in [0.15, 0.2) is 0 Å². The van der Waals surface area contributed by atoms with Crippen molar-refractivity contribution >= 4 is 10.0 Å². The van der Waals surface area contributed by atoms with Crippen molar-refractivity contribution in [2.24, 2.45) is 10.6 Å². The van der Waals surface area contributed by atoms with Crippen molar-refractivity contribution in [2.75, 3.05) is 25.6 Å². The minimum atomic E-state index is -3.52. The van der Waals surface area contributed by atoms with Crippen LogP contribution in [-0.4, -0.2) is 52.3 Å². The molecule has 2 atom stereocenters. The Morgan fingerprint density at radius 1 is 1.19 bits per heavy atom. The molecule has 21 heavy (non-hydrogen) atoms. The summed E-state index contributed by atoms with van der Waals surface area (Å²) in [4.78, 5) is 0. The van der Waals surface area contributed by atoms with Crippen LogP contribution in [-0.2, 0) is 24.2 Å². The molecule has 2 heterocycles. The lowest BCUT2D eigenvalue weighted by Crippen LogP contribution is -2.44. The van der Waals surface area contributed by atoms with E-state index >= 15 is 0 Å². The molecule has 0 aromatic rings. The summed E-state index contributed by atoms with van der Waals surface area (Å²) in [6, 6.07) is 0. The van der Waals surface area contributed by atoms with Gasteiger partial charge in [-0.1, -0.05) is 0 Å². The molecule has 2 rings (SSSR count). The molecule has 2 N–H and O–H groups in total. The van der Waals surface area contributed by atoms with Crippen molar-refractivity contribution in [3.05, 3.63) is 0 Å². The lowest BCUT2D eigenvalue weighted by molar-refractivity contribution is -0.123. The van der Waals surface area contributed by atoms with Gasteiger partial charge < -0.3 is 14.2 Å². The summed E-state index contributed by atoms with van der Waals surface area (Å²) in [5.41, 5.74) is -0.406. The molecule has 6 nitrogen and oxygen atoms in total. The molecular weight excluding hydrogens is 294 g/mol. The van der Waals surface area contributed by atoms with E-state index in [0.29, 0.717) is 32.7 Å². The summed E-state index contributed by atoms with van der Waals surface area (Å²) in [5, 5.41) is 5.26. The first-order chi connectivity index (χ1) is 9.78. The molecule has 0 aromatic heterocycles. The van der Waals surface area contributed by atoms with Crippen molar-refractivity contribution in [1.82, 2.24) is 0 Å². The highest BCUT2D eigenvalue weighted by Gasteiger charge is 2.38. The first kappa shape index (κ1) is 17.1. The van der Waals surface area contributed by atoms with Crippen LogP contribution in [0.4, 0.5) is 0 Å². The van der Waals surface area contributed by atoms with Crippen LogP contribution in [0.1, 0.15) is 39.5 Å². The number of primary sulfonamides is 1. The zero-order valence-electron chi connectivity index (χ0n) is 12.9. The third-order valence-electron chi connectivity index (χ3n) is 4.34. The van der Waals surface area contributed by atoms with Crippen molar-refractivity contribution < 1.29 is 22.6 Å². The Morgan fingerprint density at radius 3 is 2.29 bits per heavy atom. The van der Waals surface area contributed by atoms with Crippen molar-refractivity contribution in [3.8, 4) is 0 Å². The lowest BCUT2D eigenvalue weighted by Gasteiger charge is -2.39. The SMILES string of the molecule is CC1CC(OCC2(CS(N)(=O)=O)CCOCC2)CC(C)O1. The summed E-state index contributed by atoms with van der Waals surface area (Å²) >= 11 is 0. The van der Waals surface area contributed by atoms with Crippen LogP contribution in [0.15, 0.2) is 0 Å². The molecule has 7 heteroatoms. The van der Waals surface area contributed by atoms with Crippen LogP contribution in [0.2, 0.25) is 0 Å². The number of ether oxygens (including phenoxy) is 3. The number of hydrogen-bond acceptors (Lipinski definition) is 5. The molecule has 0 radical (unpaired) electrons. The number of sulfonamides is 1. The first-order valence-electron chi connectivity index (χ1n) is 7.63. The molecule has 2 aliphatic rings. The van der Waals surface area contributed by atoms with E-state index in [1.807, 2.05) is 13.8 Å². The standard InChI is InChI=1S/C14H27NO5S/c1-11-7-13(8-12(2)20-11)19-9-14(10-21(15,16)17)3-5-18-6-4-14/h11-13H,3-10H2,1-2H3,(H2,15,16,17). The molecule has 2 unspecified atom stereocenters. The maximum Gasteiger partial charge on any atom is 0.209 e. The molecule has 0 aliphatic carbocycles. The van der Waals surface area contributed by atoms with Crippen molar-refractivity contribution in [1.29, 1.82) is 0 Å². The van der Waals surface area contributed by atoms with Crippen molar-refractivity contribution in [2.45, 2.75) is 57.8 Å². The minimum Gasteiger partial charge on any atom is -0.381 e. The van der Waals surface area contributed by atoms with Gasteiger partial charge in [-0.05, 0) is 39.5 Å². The molecule has 0 aromatic carbocycles. The van der Waals surface area contributed by atoms with E-state index < -0.39 is 15.4 Å². The van der Waals surface area contributed by atoms with Gasteiger partial charge in [0, 0.05) is 18.6 Å².